The Balaban J connectivity index is 2.00. The quantitative estimate of drug-likeness (QED) is 0.809. The summed E-state index contributed by atoms with van der Waals surface area (Å²) in [6.45, 7) is 2.93. The molecule has 1 aromatic carbocycles. The van der Waals surface area contributed by atoms with Crippen molar-refractivity contribution < 1.29 is 14.6 Å². The lowest BCUT2D eigenvalue weighted by atomic mass is 10.1. The average molecular weight is 247 g/mol. The van der Waals surface area contributed by atoms with E-state index in [1.807, 2.05) is 24.3 Å². The third kappa shape index (κ3) is 3.42. The number of aliphatic hydroxyl groups excluding tert-OH is 1. The van der Waals surface area contributed by atoms with Gasteiger partial charge in [0.1, 0.15) is 6.61 Å². The highest BCUT2D eigenvalue weighted by atomic mass is 16.5. The largest absolute Gasteiger partial charge is 0.388 e. The average Bonchev–Trinajstić information content (AvgIpc) is 2.46. The summed E-state index contributed by atoms with van der Waals surface area (Å²) >= 11 is 0. The minimum absolute atomic E-state index is 0.285. The van der Waals surface area contributed by atoms with Gasteiger partial charge >= 0.3 is 0 Å². The molecule has 1 heterocycles. The zero-order valence-electron chi connectivity index (χ0n) is 10.2. The van der Waals surface area contributed by atoms with E-state index in [1.165, 1.54) is 11.8 Å². The van der Waals surface area contributed by atoms with Gasteiger partial charge in [-0.15, -0.1) is 0 Å². The highest BCUT2D eigenvalue weighted by Crippen LogP contribution is 2.17. The number of carbonyl (C=O) groups is 1. The number of nitrogens with zero attached hydrogens (tertiary/aromatic N) is 1. The van der Waals surface area contributed by atoms with Crippen molar-refractivity contribution in [2.24, 2.45) is 0 Å². The number of hydrogen-bond donors (Lipinski definition) is 1. The second kappa shape index (κ2) is 6.33. The predicted molar refractivity (Wildman–Crippen MR) is 70.6 cm³/mol. The number of hydrogen-bond acceptors (Lipinski definition) is 4. The van der Waals surface area contributed by atoms with Crippen LogP contribution in [0, 0.1) is 0 Å². The molecule has 1 aromatic rings. The fourth-order valence-corrected chi connectivity index (χ4v) is 1.86. The monoisotopic (exact) mass is 247 g/mol. The van der Waals surface area contributed by atoms with Gasteiger partial charge in [-0.05, 0) is 23.8 Å². The molecule has 4 heteroatoms. The molecule has 0 aliphatic carbocycles. The Morgan fingerprint density at radius 1 is 1.28 bits per heavy atom. The summed E-state index contributed by atoms with van der Waals surface area (Å²) in [4.78, 5) is 13.2. The van der Waals surface area contributed by atoms with Crippen LogP contribution in [-0.4, -0.2) is 43.8 Å². The van der Waals surface area contributed by atoms with E-state index in [-0.39, 0.29) is 5.78 Å². The molecular weight excluding hydrogens is 230 g/mol. The van der Waals surface area contributed by atoms with Crippen LogP contribution < -0.4 is 4.90 Å². The molecule has 0 spiro atoms. The summed E-state index contributed by atoms with van der Waals surface area (Å²) in [5.74, 6) is -0.285. The van der Waals surface area contributed by atoms with Crippen molar-refractivity contribution in [3.8, 4) is 0 Å². The van der Waals surface area contributed by atoms with E-state index in [0.29, 0.717) is 0 Å². The van der Waals surface area contributed by atoms with E-state index in [0.717, 1.165) is 31.9 Å². The topological polar surface area (TPSA) is 49.8 Å². The molecule has 0 unspecified atom stereocenters. The Kier molecular flexibility index (Phi) is 4.50. The number of aliphatic hydroxyl groups is 1. The normalized spacial score (nSPS) is 16.2. The summed E-state index contributed by atoms with van der Waals surface area (Å²) in [7, 11) is 0. The van der Waals surface area contributed by atoms with Gasteiger partial charge in [0.2, 0.25) is 0 Å². The molecule has 18 heavy (non-hydrogen) atoms. The number of anilines is 1. The van der Waals surface area contributed by atoms with E-state index >= 15 is 0 Å². The van der Waals surface area contributed by atoms with Crippen molar-refractivity contribution in [2.75, 3.05) is 37.8 Å². The molecule has 1 saturated heterocycles. The minimum Gasteiger partial charge on any atom is -0.388 e. The van der Waals surface area contributed by atoms with Crippen molar-refractivity contribution in [3.63, 3.8) is 0 Å². The molecule has 4 nitrogen and oxygen atoms in total. The third-order valence-electron chi connectivity index (χ3n) is 2.89. The highest BCUT2D eigenvalue weighted by Gasteiger charge is 2.10. The van der Waals surface area contributed by atoms with Crippen LogP contribution in [0.15, 0.2) is 30.3 Å². The smallest absolute Gasteiger partial charge is 0.181 e. The summed E-state index contributed by atoms with van der Waals surface area (Å²) in [6.07, 6.45) is 3.10. The number of benzene rings is 1. The van der Waals surface area contributed by atoms with Crippen molar-refractivity contribution >= 4 is 17.5 Å². The number of rotatable bonds is 4. The van der Waals surface area contributed by atoms with Crippen molar-refractivity contribution in [1.82, 2.24) is 0 Å². The molecule has 1 N–H and O–H groups in total. The first-order chi connectivity index (χ1) is 8.79. The fourth-order valence-electron chi connectivity index (χ4n) is 1.86. The molecule has 0 bridgehead atoms. The van der Waals surface area contributed by atoms with E-state index in [1.54, 1.807) is 6.08 Å². The van der Waals surface area contributed by atoms with Crippen molar-refractivity contribution in [2.45, 2.75) is 0 Å². The Morgan fingerprint density at radius 2 is 1.94 bits per heavy atom. The maximum Gasteiger partial charge on any atom is 0.181 e. The van der Waals surface area contributed by atoms with Gasteiger partial charge in [-0.1, -0.05) is 18.2 Å². The van der Waals surface area contributed by atoms with Crippen LogP contribution >= 0.6 is 0 Å². The van der Waals surface area contributed by atoms with Crippen LogP contribution in [0.25, 0.3) is 6.08 Å². The molecule has 1 aliphatic heterocycles. The second-order valence-electron chi connectivity index (χ2n) is 4.15. The molecule has 0 aromatic heterocycles. The molecule has 0 saturated carbocycles. The van der Waals surface area contributed by atoms with Gasteiger partial charge in [0, 0.05) is 18.8 Å². The fraction of sp³-hybridized carbons (Fsp3) is 0.357. The molecule has 1 aliphatic rings. The highest BCUT2D eigenvalue weighted by molar-refractivity contribution is 5.94. The van der Waals surface area contributed by atoms with Crippen LogP contribution in [0.1, 0.15) is 5.56 Å². The maximum absolute atomic E-state index is 10.9. The first kappa shape index (κ1) is 12.8. The lowest BCUT2D eigenvalue weighted by molar-refractivity contribution is -0.117. The molecule has 2 rings (SSSR count). The van der Waals surface area contributed by atoms with E-state index in [2.05, 4.69) is 4.90 Å². The van der Waals surface area contributed by atoms with Gasteiger partial charge in [0.05, 0.1) is 13.2 Å². The standard InChI is InChI=1S/C14H17NO3/c16-11-14(17)6-3-12-1-4-13(5-2-12)15-7-9-18-10-8-15/h1-6,16H,7-11H2/b6-3+. The number of morpholine rings is 1. The third-order valence-corrected chi connectivity index (χ3v) is 2.89. The molecule has 0 atom stereocenters. The van der Waals surface area contributed by atoms with Gasteiger partial charge in [-0.25, -0.2) is 0 Å². The van der Waals surface area contributed by atoms with Crippen LogP contribution in [0.2, 0.25) is 0 Å². The zero-order chi connectivity index (χ0) is 12.8. The summed E-state index contributed by atoms with van der Waals surface area (Å²) in [5.41, 5.74) is 2.12. The van der Waals surface area contributed by atoms with Gasteiger partial charge in [0.25, 0.3) is 0 Å². The van der Waals surface area contributed by atoms with Crippen LogP contribution in [0.4, 0.5) is 5.69 Å². The minimum atomic E-state index is -0.442. The first-order valence-electron chi connectivity index (χ1n) is 6.04. The van der Waals surface area contributed by atoms with Crippen LogP contribution in [-0.2, 0) is 9.53 Å². The Bertz CT molecular complexity index is 419. The van der Waals surface area contributed by atoms with Gasteiger partial charge in [0.15, 0.2) is 5.78 Å². The molecule has 96 valence electrons. The maximum atomic E-state index is 10.9. The summed E-state index contributed by atoms with van der Waals surface area (Å²) in [5, 5.41) is 8.61. The van der Waals surface area contributed by atoms with E-state index in [4.69, 9.17) is 9.84 Å². The van der Waals surface area contributed by atoms with Gasteiger partial charge < -0.3 is 14.7 Å². The molecule has 0 radical (unpaired) electrons. The Labute approximate surface area is 106 Å². The SMILES string of the molecule is O=C(/C=C/c1ccc(N2CCOCC2)cc1)CO. The number of carbonyl (C=O) groups excluding carboxylic acids is 1. The van der Waals surface area contributed by atoms with Gasteiger partial charge in [-0.2, -0.15) is 0 Å². The lowest BCUT2D eigenvalue weighted by Crippen LogP contribution is -2.36. The Morgan fingerprint density at radius 3 is 2.56 bits per heavy atom. The summed E-state index contributed by atoms with van der Waals surface area (Å²) < 4.78 is 5.31. The Hall–Kier alpha value is -1.65. The molecular formula is C14H17NO3. The van der Waals surface area contributed by atoms with Crippen molar-refractivity contribution in [1.29, 1.82) is 0 Å². The first-order valence-corrected chi connectivity index (χ1v) is 6.04. The van der Waals surface area contributed by atoms with E-state index in [9.17, 15) is 4.79 Å². The molecule has 1 fully saturated rings. The second-order valence-corrected chi connectivity index (χ2v) is 4.15. The zero-order valence-corrected chi connectivity index (χ0v) is 10.2. The van der Waals surface area contributed by atoms with Crippen LogP contribution in [0.3, 0.4) is 0 Å². The predicted octanol–water partition coefficient (Wildman–Crippen LogP) is 1.10. The lowest BCUT2D eigenvalue weighted by Gasteiger charge is -2.28. The van der Waals surface area contributed by atoms with Gasteiger partial charge in [-0.3, -0.25) is 4.79 Å². The number of ether oxygens (including phenoxy) is 1. The van der Waals surface area contributed by atoms with E-state index < -0.39 is 6.61 Å². The van der Waals surface area contributed by atoms with Crippen LogP contribution in [0.5, 0.6) is 0 Å². The molecule has 0 amide bonds. The summed E-state index contributed by atoms with van der Waals surface area (Å²) in [6, 6.07) is 8.00. The number of ketones is 1. The van der Waals surface area contributed by atoms with Crippen molar-refractivity contribution in [3.05, 3.63) is 35.9 Å².